The van der Waals surface area contributed by atoms with Crippen molar-refractivity contribution in [2.24, 2.45) is 0 Å². The summed E-state index contributed by atoms with van der Waals surface area (Å²) in [7, 11) is 0. The van der Waals surface area contributed by atoms with Gasteiger partial charge in [0.2, 0.25) is 0 Å². The summed E-state index contributed by atoms with van der Waals surface area (Å²) in [5, 5.41) is 4.40. The maximum atomic E-state index is 12.7. The summed E-state index contributed by atoms with van der Waals surface area (Å²) in [6, 6.07) is 3.57. The van der Waals surface area contributed by atoms with Crippen molar-refractivity contribution in [3.63, 3.8) is 0 Å². The minimum atomic E-state index is -4.21. The maximum absolute atomic E-state index is 12.7. The van der Waals surface area contributed by atoms with E-state index in [-0.39, 0.29) is 19.4 Å². The molecule has 0 N–H and O–H groups in total. The van der Waals surface area contributed by atoms with Gasteiger partial charge in [0.25, 0.3) is 0 Å². The molecule has 6 nitrogen and oxygen atoms in total. The molecule has 0 aliphatic heterocycles. The van der Waals surface area contributed by atoms with E-state index in [1.165, 1.54) is 4.90 Å². The number of halogens is 3. The normalized spacial score (nSPS) is 12.1. The maximum Gasteiger partial charge on any atom is 0.414 e. The Labute approximate surface area is 162 Å². The summed E-state index contributed by atoms with van der Waals surface area (Å²) >= 11 is 0. The number of ether oxygens (including phenoxy) is 1. The monoisotopic (exact) mass is 398 g/mol. The van der Waals surface area contributed by atoms with Gasteiger partial charge >= 0.3 is 12.3 Å². The lowest BCUT2D eigenvalue weighted by atomic mass is 10.2. The Hall–Kier alpha value is -2.58. The molecule has 0 unspecified atom stereocenters. The summed E-state index contributed by atoms with van der Waals surface area (Å²) in [5.41, 5.74) is 1.03. The lowest BCUT2D eigenvalue weighted by Crippen LogP contribution is -2.37. The van der Waals surface area contributed by atoms with Crippen molar-refractivity contribution in [3.05, 3.63) is 36.4 Å². The van der Waals surface area contributed by atoms with E-state index in [2.05, 4.69) is 10.1 Å². The van der Waals surface area contributed by atoms with Crippen molar-refractivity contribution in [2.45, 2.75) is 58.7 Å². The van der Waals surface area contributed by atoms with Gasteiger partial charge in [-0.1, -0.05) is 0 Å². The molecule has 0 aliphatic rings. The number of hydrogen-bond acceptors (Lipinski definition) is 4. The number of aryl methyl sites for hydroxylation is 1. The first kappa shape index (κ1) is 21.7. The van der Waals surface area contributed by atoms with Crippen molar-refractivity contribution in [1.29, 1.82) is 0 Å². The number of aromatic nitrogens is 3. The third-order valence-electron chi connectivity index (χ3n) is 3.78. The molecule has 0 fully saturated rings. The van der Waals surface area contributed by atoms with Crippen molar-refractivity contribution < 1.29 is 22.7 Å². The van der Waals surface area contributed by atoms with Crippen LogP contribution in [0.25, 0.3) is 5.69 Å². The van der Waals surface area contributed by atoms with Gasteiger partial charge in [-0.15, -0.1) is 0 Å². The number of carbonyl (C=O) groups is 1. The number of anilines is 1. The number of nitrogens with zero attached hydrogens (tertiary/aromatic N) is 4. The van der Waals surface area contributed by atoms with Crippen LogP contribution in [0.2, 0.25) is 0 Å². The van der Waals surface area contributed by atoms with Gasteiger partial charge in [-0.3, -0.25) is 9.88 Å². The van der Waals surface area contributed by atoms with Crippen LogP contribution in [0.5, 0.6) is 0 Å². The second-order valence-electron chi connectivity index (χ2n) is 7.46. The Morgan fingerprint density at radius 3 is 2.54 bits per heavy atom. The zero-order chi connectivity index (χ0) is 20.9. The Morgan fingerprint density at radius 2 is 1.96 bits per heavy atom. The van der Waals surface area contributed by atoms with Gasteiger partial charge in [0.15, 0.2) is 0 Å². The second-order valence-corrected chi connectivity index (χ2v) is 7.46. The highest BCUT2D eigenvalue weighted by molar-refractivity contribution is 5.88. The Morgan fingerprint density at radius 1 is 1.25 bits per heavy atom. The fourth-order valence-corrected chi connectivity index (χ4v) is 2.56. The van der Waals surface area contributed by atoms with Gasteiger partial charge in [0.1, 0.15) is 5.60 Å². The third-order valence-corrected chi connectivity index (χ3v) is 3.78. The topological polar surface area (TPSA) is 60.2 Å². The Balaban J connectivity index is 2.23. The molecule has 2 heterocycles. The highest BCUT2D eigenvalue weighted by Gasteiger charge is 2.28. The number of amides is 1. The Kier molecular flexibility index (Phi) is 6.69. The molecular weight excluding hydrogens is 373 g/mol. The highest BCUT2D eigenvalue weighted by atomic mass is 19.4. The average Bonchev–Trinajstić information content (AvgIpc) is 2.94. The van der Waals surface area contributed by atoms with Gasteiger partial charge in [0.05, 0.1) is 29.5 Å². The summed E-state index contributed by atoms with van der Waals surface area (Å²) in [4.78, 5) is 18.1. The molecule has 0 radical (unpaired) electrons. The van der Waals surface area contributed by atoms with Crippen molar-refractivity contribution in [2.75, 3.05) is 11.4 Å². The number of unbranched alkanes of at least 4 members (excludes halogenated alkanes) is 1. The lowest BCUT2D eigenvalue weighted by Gasteiger charge is -2.27. The Bertz CT molecular complexity index is 783. The summed E-state index contributed by atoms with van der Waals surface area (Å²) < 4.78 is 44.3. The lowest BCUT2D eigenvalue weighted by molar-refractivity contribution is -0.135. The highest BCUT2D eigenvalue weighted by Crippen LogP contribution is 2.26. The molecule has 154 valence electrons. The number of hydrogen-bond donors (Lipinski definition) is 0. The molecule has 1 amide bonds. The standard InChI is InChI=1S/C19H25F3N4O2/c1-14-16(13-26(24-14)15-8-7-10-23-12-15)25(17(27)28-18(2,3)4)11-6-5-9-19(20,21)22/h7-8,10,12-13H,5-6,9,11H2,1-4H3. The van der Waals surface area contributed by atoms with Crippen LogP contribution in [-0.2, 0) is 4.74 Å². The van der Waals surface area contributed by atoms with E-state index in [4.69, 9.17) is 4.74 Å². The first-order valence-electron chi connectivity index (χ1n) is 9.00. The van der Waals surface area contributed by atoms with Crippen LogP contribution in [-0.4, -0.2) is 39.2 Å². The van der Waals surface area contributed by atoms with E-state index in [1.807, 2.05) is 6.07 Å². The summed E-state index contributed by atoms with van der Waals surface area (Å²) in [5.74, 6) is 0. The fraction of sp³-hybridized carbons (Fsp3) is 0.526. The summed E-state index contributed by atoms with van der Waals surface area (Å²) in [6.07, 6.45) is -0.685. The summed E-state index contributed by atoms with van der Waals surface area (Å²) in [6.45, 7) is 7.04. The molecule has 0 bridgehead atoms. The quantitative estimate of drug-likeness (QED) is 0.639. The van der Waals surface area contributed by atoms with Gasteiger partial charge in [-0.2, -0.15) is 18.3 Å². The molecule has 0 aliphatic carbocycles. The first-order chi connectivity index (χ1) is 13.0. The first-order valence-corrected chi connectivity index (χ1v) is 9.00. The largest absolute Gasteiger partial charge is 0.443 e. The SMILES string of the molecule is Cc1nn(-c2cccnc2)cc1N(CCCCC(F)(F)F)C(=O)OC(C)(C)C. The predicted octanol–water partition coefficient (Wildman–Crippen LogP) is 5.05. The van der Waals surface area contributed by atoms with E-state index in [1.54, 1.807) is 57.0 Å². The molecule has 0 atom stereocenters. The molecular formula is C19H25F3N4O2. The molecule has 0 saturated heterocycles. The minimum Gasteiger partial charge on any atom is -0.443 e. The smallest absolute Gasteiger partial charge is 0.414 e. The van der Waals surface area contributed by atoms with E-state index < -0.39 is 24.3 Å². The van der Waals surface area contributed by atoms with Crippen LogP contribution in [0.4, 0.5) is 23.7 Å². The molecule has 2 rings (SSSR count). The van der Waals surface area contributed by atoms with Crippen LogP contribution in [0, 0.1) is 6.92 Å². The van der Waals surface area contributed by atoms with Crippen LogP contribution in [0.1, 0.15) is 45.7 Å². The van der Waals surface area contributed by atoms with Crippen LogP contribution < -0.4 is 4.90 Å². The van der Waals surface area contributed by atoms with Gasteiger partial charge in [0, 0.05) is 19.2 Å². The van der Waals surface area contributed by atoms with Gasteiger partial charge < -0.3 is 4.74 Å². The number of alkyl halides is 3. The van der Waals surface area contributed by atoms with E-state index in [0.29, 0.717) is 17.1 Å². The second kappa shape index (κ2) is 8.62. The molecule has 0 aromatic carbocycles. The van der Waals surface area contributed by atoms with E-state index >= 15 is 0 Å². The van der Waals surface area contributed by atoms with Crippen LogP contribution in [0.15, 0.2) is 30.7 Å². The van der Waals surface area contributed by atoms with Gasteiger partial charge in [-0.05, 0) is 52.7 Å². The molecule has 0 saturated carbocycles. The zero-order valence-corrected chi connectivity index (χ0v) is 16.5. The molecule has 2 aromatic heterocycles. The zero-order valence-electron chi connectivity index (χ0n) is 16.5. The predicted molar refractivity (Wildman–Crippen MR) is 99.6 cm³/mol. The van der Waals surface area contributed by atoms with E-state index in [0.717, 1.165) is 0 Å². The molecule has 28 heavy (non-hydrogen) atoms. The van der Waals surface area contributed by atoms with E-state index in [9.17, 15) is 18.0 Å². The fourth-order valence-electron chi connectivity index (χ4n) is 2.56. The van der Waals surface area contributed by atoms with Crippen molar-refractivity contribution in [3.8, 4) is 5.69 Å². The molecule has 0 spiro atoms. The third kappa shape index (κ3) is 6.54. The van der Waals surface area contributed by atoms with Crippen molar-refractivity contribution in [1.82, 2.24) is 14.8 Å². The van der Waals surface area contributed by atoms with Crippen molar-refractivity contribution >= 4 is 11.8 Å². The van der Waals surface area contributed by atoms with Crippen LogP contribution in [0.3, 0.4) is 0 Å². The number of pyridine rings is 1. The average molecular weight is 398 g/mol. The number of rotatable bonds is 6. The number of carbonyl (C=O) groups excluding carboxylic acids is 1. The molecule has 9 heteroatoms. The van der Waals surface area contributed by atoms with Crippen LogP contribution >= 0.6 is 0 Å². The van der Waals surface area contributed by atoms with Gasteiger partial charge in [-0.25, -0.2) is 9.48 Å². The molecule has 2 aromatic rings. The minimum absolute atomic E-state index is 0.0708.